The van der Waals surface area contributed by atoms with E-state index in [0.29, 0.717) is 17.7 Å². The monoisotopic (exact) mass is 408 g/mol. The summed E-state index contributed by atoms with van der Waals surface area (Å²) in [5, 5.41) is 29.8. The van der Waals surface area contributed by atoms with E-state index in [1.807, 2.05) is 25.1 Å². The van der Waals surface area contributed by atoms with Gasteiger partial charge in [-0.2, -0.15) is 5.26 Å². The van der Waals surface area contributed by atoms with Gasteiger partial charge >= 0.3 is 0 Å². The van der Waals surface area contributed by atoms with E-state index < -0.39 is 11.4 Å². The van der Waals surface area contributed by atoms with Crippen molar-refractivity contribution in [2.75, 3.05) is 6.54 Å². The number of nitrogens with one attached hydrogen (secondary N) is 2. The third-order valence-electron chi connectivity index (χ3n) is 4.23. The molecule has 2 aromatic rings. The zero-order chi connectivity index (χ0) is 21.2. The summed E-state index contributed by atoms with van der Waals surface area (Å²) in [5.74, 6) is -0.430. The molecule has 2 heterocycles. The van der Waals surface area contributed by atoms with E-state index in [4.69, 9.17) is 10.7 Å². The second-order valence-electron chi connectivity index (χ2n) is 7.41. The maximum atomic E-state index is 14.1. The van der Waals surface area contributed by atoms with E-state index >= 15 is 0 Å². The topological polar surface area (TPSA) is 92.3 Å². The Bertz CT molecular complexity index is 1100. The SMILES string of the molecule is Cc1cc(-c2ccc(C#N)c(F)c2)c(C2=C/C(=C/NCC(C)(C)O)C(=N)N=C2)s1. The number of benzene rings is 1. The number of aryl methyl sites for hydroxylation is 1. The van der Waals surface area contributed by atoms with Gasteiger partial charge in [-0.3, -0.25) is 5.41 Å². The van der Waals surface area contributed by atoms with Crippen LogP contribution in [-0.2, 0) is 0 Å². The fourth-order valence-electron chi connectivity index (χ4n) is 2.84. The maximum absolute atomic E-state index is 14.1. The van der Waals surface area contributed by atoms with Crippen LogP contribution < -0.4 is 5.32 Å². The van der Waals surface area contributed by atoms with Crippen LogP contribution in [0.5, 0.6) is 0 Å². The molecule has 0 atom stereocenters. The minimum atomic E-state index is -0.874. The van der Waals surface area contributed by atoms with E-state index in [1.165, 1.54) is 12.1 Å². The molecule has 0 saturated carbocycles. The molecule has 7 heteroatoms. The lowest BCUT2D eigenvalue weighted by atomic mass is 9.99. The fourth-order valence-corrected chi connectivity index (χ4v) is 3.86. The summed E-state index contributed by atoms with van der Waals surface area (Å²) in [6.45, 7) is 5.70. The molecule has 1 aromatic heterocycles. The quantitative estimate of drug-likeness (QED) is 0.684. The molecule has 29 heavy (non-hydrogen) atoms. The zero-order valence-corrected chi connectivity index (χ0v) is 17.2. The van der Waals surface area contributed by atoms with Crippen LogP contribution in [0.3, 0.4) is 0 Å². The van der Waals surface area contributed by atoms with Crippen molar-refractivity contribution in [3.05, 3.63) is 63.2 Å². The molecule has 1 aliphatic heterocycles. The molecule has 0 amide bonds. The van der Waals surface area contributed by atoms with Crippen LogP contribution in [0.4, 0.5) is 4.39 Å². The molecule has 148 valence electrons. The average Bonchev–Trinajstić information content (AvgIpc) is 3.04. The standard InChI is InChI=1S/C22H21FN4OS/c1-13-6-18(14-4-5-15(9-24)19(23)8-14)20(29-13)16-7-17(21(25)27-11-16)10-26-12-22(2,3)28/h4-8,10-11,25-26,28H,12H2,1-3H3/b17-10-,25-21?. The molecule has 0 spiro atoms. The lowest BCUT2D eigenvalue weighted by Crippen LogP contribution is -2.32. The number of dihydropyridines is 1. The number of thiophene rings is 1. The summed E-state index contributed by atoms with van der Waals surface area (Å²) in [7, 11) is 0. The van der Waals surface area contributed by atoms with Gasteiger partial charge in [0, 0.05) is 45.4 Å². The predicted octanol–water partition coefficient (Wildman–Crippen LogP) is 4.42. The number of hydrogen-bond donors (Lipinski definition) is 3. The summed E-state index contributed by atoms with van der Waals surface area (Å²) in [5.41, 5.74) is 2.08. The molecule has 0 unspecified atom stereocenters. The van der Waals surface area contributed by atoms with Gasteiger partial charge in [-0.15, -0.1) is 11.3 Å². The van der Waals surface area contributed by atoms with Gasteiger partial charge in [0.1, 0.15) is 11.9 Å². The molecule has 0 bridgehead atoms. The first kappa shape index (κ1) is 20.6. The second-order valence-corrected chi connectivity index (χ2v) is 8.66. The van der Waals surface area contributed by atoms with Crippen LogP contribution in [0.1, 0.15) is 29.2 Å². The highest BCUT2D eigenvalue weighted by molar-refractivity contribution is 7.14. The lowest BCUT2D eigenvalue weighted by molar-refractivity contribution is 0.0835. The summed E-state index contributed by atoms with van der Waals surface area (Å²) < 4.78 is 14.1. The summed E-state index contributed by atoms with van der Waals surface area (Å²) >= 11 is 1.56. The van der Waals surface area contributed by atoms with Crippen molar-refractivity contribution in [2.24, 2.45) is 4.99 Å². The third-order valence-corrected chi connectivity index (χ3v) is 5.33. The third kappa shape index (κ3) is 4.86. The van der Waals surface area contributed by atoms with E-state index in [9.17, 15) is 9.50 Å². The molecule has 1 aromatic carbocycles. The number of allylic oxidation sites excluding steroid dienone is 1. The minimum absolute atomic E-state index is 0.0113. The van der Waals surface area contributed by atoms with Crippen LogP contribution in [-0.4, -0.2) is 29.3 Å². The molecule has 0 aliphatic carbocycles. The number of halogens is 1. The van der Waals surface area contributed by atoms with Crippen molar-refractivity contribution in [1.82, 2.24) is 5.32 Å². The van der Waals surface area contributed by atoms with Crippen molar-refractivity contribution in [2.45, 2.75) is 26.4 Å². The number of aliphatic imine (C=N–C) groups is 1. The van der Waals surface area contributed by atoms with Crippen molar-refractivity contribution in [3.8, 4) is 17.2 Å². The van der Waals surface area contributed by atoms with E-state index in [-0.39, 0.29) is 11.4 Å². The van der Waals surface area contributed by atoms with Gasteiger partial charge in [-0.05, 0) is 50.6 Å². The van der Waals surface area contributed by atoms with Gasteiger partial charge in [0.25, 0.3) is 0 Å². The number of hydrogen-bond acceptors (Lipinski definition) is 5. The highest BCUT2D eigenvalue weighted by Crippen LogP contribution is 2.37. The number of nitriles is 1. The molecular formula is C22H21FN4OS. The van der Waals surface area contributed by atoms with Gasteiger partial charge in [-0.1, -0.05) is 6.07 Å². The van der Waals surface area contributed by atoms with Crippen molar-refractivity contribution < 1.29 is 9.50 Å². The van der Waals surface area contributed by atoms with Crippen LogP contribution in [0, 0.1) is 29.5 Å². The molecule has 5 nitrogen and oxygen atoms in total. The summed E-state index contributed by atoms with van der Waals surface area (Å²) in [4.78, 5) is 6.15. The highest BCUT2D eigenvalue weighted by atomic mass is 32.1. The van der Waals surface area contributed by atoms with Crippen LogP contribution >= 0.6 is 11.3 Å². The minimum Gasteiger partial charge on any atom is -0.389 e. The average molecular weight is 409 g/mol. The first-order chi connectivity index (χ1) is 13.7. The second kappa shape index (κ2) is 8.11. The Kier molecular flexibility index (Phi) is 5.78. The van der Waals surface area contributed by atoms with Crippen molar-refractivity contribution in [1.29, 1.82) is 10.7 Å². The predicted molar refractivity (Wildman–Crippen MR) is 116 cm³/mol. The Balaban J connectivity index is 1.98. The molecule has 0 fully saturated rings. The largest absolute Gasteiger partial charge is 0.389 e. The van der Waals surface area contributed by atoms with E-state index in [0.717, 1.165) is 20.9 Å². The smallest absolute Gasteiger partial charge is 0.153 e. The maximum Gasteiger partial charge on any atom is 0.153 e. The zero-order valence-electron chi connectivity index (χ0n) is 16.4. The molecule has 0 saturated heterocycles. The van der Waals surface area contributed by atoms with Crippen LogP contribution in [0.15, 0.2) is 47.1 Å². The van der Waals surface area contributed by atoms with E-state index in [1.54, 1.807) is 43.7 Å². The first-order valence-corrected chi connectivity index (χ1v) is 9.81. The van der Waals surface area contributed by atoms with Crippen molar-refractivity contribution in [3.63, 3.8) is 0 Å². The summed E-state index contributed by atoms with van der Waals surface area (Å²) in [6.07, 6.45) is 5.14. The Morgan fingerprint density at radius 1 is 1.38 bits per heavy atom. The van der Waals surface area contributed by atoms with Gasteiger partial charge in [0.2, 0.25) is 0 Å². The molecule has 1 aliphatic rings. The fraction of sp³-hybridized carbons (Fsp3) is 0.227. The lowest BCUT2D eigenvalue weighted by Gasteiger charge is -2.17. The molecule has 0 radical (unpaired) electrons. The molecule has 3 N–H and O–H groups in total. The van der Waals surface area contributed by atoms with Gasteiger partial charge < -0.3 is 10.4 Å². The normalized spacial score (nSPS) is 15.4. The number of rotatable bonds is 5. The van der Waals surface area contributed by atoms with E-state index in [2.05, 4.69) is 10.3 Å². The highest BCUT2D eigenvalue weighted by Gasteiger charge is 2.18. The first-order valence-electron chi connectivity index (χ1n) is 8.99. The number of nitrogens with zero attached hydrogens (tertiary/aromatic N) is 2. The van der Waals surface area contributed by atoms with Crippen molar-refractivity contribution >= 4 is 29.0 Å². The number of amidine groups is 1. The van der Waals surface area contributed by atoms with Gasteiger partial charge in [0.05, 0.1) is 11.2 Å². The van der Waals surface area contributed by atoms with Crippen LogP contribution in [0.2, 0.25) is 0 Å². The Morgan fingerprint density at radius 2 is 2.14 bits per heavy atom. The summed E-state index contributed by atoms with van der Waals surface area (Å²) in [6, 6.07) is 8.39. The Morgan fingerprint density at radius 3 is 2.79 bits per heavy atom. The van der Waals surface area contributed by atoms with Crippen LogP contribution in [0.25, 0.3) is 16.7 Å². The molecule has 3 rings (SSSR count). The Labute approximate surface area is 173 Å². The number of aliphatic hydroxyl groups is 1. The van der Waals surface area contributed by atoms with Gasteiger partial charge in [0.15, 0.2) is 5.84 Å². The van der Waals surface area contributed by atoms with Gasteiger partial charge in [-0.25, -0.2) is 9.38 Å². The molecular weight excluding hydrogens is 387 g/mol. The Hall–Kier alpha value is -3.08.